The van der Waals surface area contributed by atoms with Gasteiger partial charge in [0.1, 0.15) is 0 Å². The molecule has 2 aliphatic rings. The summed E-state index contributed by atoms with van der Waals surface area (Å²) in [5.41, 5.74) is 3.54. The SMILES string of the molecule is C[C@@H]1CCCCN1C(=O)CN1CCN(c2ccccc2)c2ccccc21. The number of hydrogen-bond donors (Lipinski definition) is 0. The first-order chi connectivity index (χ1) is 12.7. The Bertz CT molecular complexity index is 761. The molecule has 0 saturated carbocycles. The van der Waals surface area contributed by atoms with Crippen molar-refractivity contribution in [3.63, 3.8) is 0 Å². The third-order valence-electron chi connectivity index (χ3n) is 5.62. The molecule has 0 aromatic heterocycles. The van der Waals surface area contributed by atoms with E-state index in [1.165, 1.54) is 17.8 Å². The van der Waals surface area contributed by atoms with Gasteiger partial charge in [0.25, 0.3) is 0 Å². The summed E-state index contributed by atoms with van der Waals surface area (Å²) in [6.07, 6.45) is 3.50. The lowest BCUT2D eigenvalue weighted by molar-refractivity contribution is -0.132. The van der Waals surface area contributed by atoms with Gasteiger partial charge in [0.2, 0.25) is 5.91 Å². The van der Waals surface area contributed by atoms with Gasteiger partial charge in [-0.15, -0.1) is 0 Å². The van der Waals surface area contributed by atoms with Crippen LogP contribution in [0.4, 0.5) is 17.1 Å². The Morgan fingerprint density at radius 2 is 1.65 bits per heavy atom. The Morgan fingerprint density at radius 1 is 0.923 bits per heavy atom. The number of carbonyl (C=O) groups excluding carboxylic acids is 1. The monoisotopic (exact) mass is 349 g/mol. The van der Waals surface area contributed by atoms with Crippen molar-refractivity contribution < 1.29 is 4.79 Å². The molecule has 2 aromatic carbocycles. The Morgan fingerprint density at radius 3 is 2.42 bits per heavy atom. The zero-order chi connectivity index (χ0) is 17.9. The molecule has 1 saturated heterocycles. The third-order valence-corrected chi connectivity index (χ3v) is 5.62. The van der Waals surface area contributed by atoms with E-state index in [-0.39, 0.29) is 5.91 Å². The van der Waals surface area contributed by atoms with Crippen molar-refractivity contribution in [2.24, 2.45) is 0 Å². The molecule has 0 N–H and O–H groups in total. The van der Waals surface area contributed by atoms with Crippen molar-refractivity contribution >= 4 is 23.0 Å². The van der Waals surface area contributed by atoms with Gasteiger partial charge in [-0.05, 0) is 50.5 Å². The molecule has 1 amide bonds. The van der Waals surface area contributed by atoms with Gasteiger partial charge < -0.3 is 14.7 Å². The fraction of sp³-hybridized carbons (Fsp3) is 0.409. The first-order valence-electron chi connectivity index (χ1n) is 9.70. The fourth-order valence-electron chi connectivity index (χ4n) is 4.18. The first-order valence-corrected chi connectivity index (χ1v) is 9.70. The number of anilines is 3. The van der Waals surface area contributed by atoms with Gasteiger partial charge in [0.05, 0.1) is 17.9 Å². The van der Waals surface area contributed by atoms with E-state index >= 15 is 0 Å². The first kappa shape index (κ1) is 17.0. The molecule has 0 radical (unpaired) electrons. The summed E-state index contributed by atoms with van der Waals surface area (Å²) in [5, 5.41) is 0. The number of piperidine rings is 1. The van der Waals surface area contributed by atoms with Crippen LogP contribution in [0.1, 0.15) is 26.2 Å². The molecule has 2 aromatic rings. The molecule has 4 rings (SSSR count). The minimum Gasteiger partial charge on any atom is -0.359 e. The Labute approximate surface area is 156 Å². The molecule has 2 aliphatic heterocycles. The van der Waals surface area contributed by atoms with Crippen molar-refractivity contribution in [3.8, 4) is 0 Å². The van der Waals surface area contributed by atoms with Crippen LogP contribution >= 0.6 is 0 Å². The van der Waals surface area contributed by atoms with Crippen LogP contribution in [-0.4, -0.2) is 43.0 Å². The third kappa shape index (κ3) is 3.28. The van der Waals surface area contributed by atoms with Crippen LogP contribution in [0.2, 0.25) is 0 Å². The van der Waals surface area contributed by atoms with E-state index < -0.39 is 0 Å². The van der Waals surface area contributed by atoms with Crippen molar-refractivity contribution in [1.82, 2.24) is 4.90 Å². The summed E-state index contributed by atoms with van der Waals surface area (Å²) in [6.45, 7) is 5.32. The van der Waals surface area contributed by atoms with E-state index in [1.807, 2.05) is 6.07 Å². The average molecular weight is 349 g/mol. The molecule has 1 fully saturated rings. The molecule has 4 nitrogen and oxygen atoms in total. The summed E-state index contributed by atoms with van der Waals surface area (Å²) in [6, 6.07) is 19.3. The Balaban J connectivity index is 1.56. The van der Waals surface area contributed by atoms with Crippen molar-refractivity contribution in [1.29, 1.82) is 0 Å². The minimum atomic E-state index is 0.264. The standard InChI is InChI=1S/C22H27N3O/c1-18-9-7-8-14-24(18)22(26)17-23-15-16-25(19-10-3-2-4-11-19)21-13-6-5-12-20(21)23/h2-6,10-13,18H,7-9,14-17H2,1H3/t18-/m1/s1. The number of rotatable bonds is 3. The molecule has 0 bridgehead atoms. The van der Waals surface area contributed by atoms with Gasteiger partial charge in [-0.2, -0.15) is 0 Å². The summed E-state index contributed by atoms with van der Waals surface area (Å²) < 4.78 is 0. The predicted octanol–water partition coefficient (Wildman–Crippen LogP) is 4.05. The zero-order valence-electron chi connectivity index (χ0n) is 15.5. The number of nitrogens with zero attached hydrogens (tertiary/aromatic N) is 3. The van der Waals surface area contributed by atoms with Crippen molar-refractivity contribution in [3.05, 3.63) is 54.6 Å². The quantitative estimate of drug-likeness (QED) is 0.836. The Kier molecular flexibility index (Phi) is 4.83. The molecular formula is C22H27N3O. The number of hydrogen-bond acceptors (Lipinski definition) is 3. The number of para-hydroxylation sites is 3. The van der Waals surface area contributed by atoms with Crippen LogP contribution in [0.3, 0.4) is 0 Å². The highest BCUT2D eigenvalue weighted by atomic mass is 16.2. The maximum absolute atomic E-state index is 12.9. The largest absolute Gasteiger partial charge is 0.359 e. The van der Waals surface area contributed by atoms with Crippen LogP contribution in [0, 0.1) is 0 Å². The molecule has 2 heterocycles. The molecule has 4 heteroatoms. The van der Waals surface area contributed by atoms with Gasteiger partial charge in [0, 0.05) is 31.4 Å². The van der Waals surface area contributed by atoms with Gasteiger partial charge >= 0.3 is 0 Å². The number of amides is 1. The highest BCUT2D eigenvalue weighted by Gasteiger charge is 2.28. The molecule has 1 atom stereocenters. The highest BCUT2D eigenvalue weighted by Crippen LogP contribution is 2.37. The topological polar surface area (TPSA) is 26.8 Å². The van der Waals surface area contributed by atoms with Crippen molar-refractivity contribution in [2.45, 2.75) is 32.2 Å². The van der Waals surface area contributed by atoms with Crippen LogP contribution in [0.5, 0.6) is 0 Å². The minimum absolute atomic E-state index is 0.264. The van der Waals surface area contributed by atoms with Crippen LogP contribution in [0.15, 0.2) is 54.6 Å². The number of likely N-dealkylation sites (tertiary alicyclic amines) is 1. The van der Waals surface area contributed by atoms with Crippen LogP contribution in [-0.2, 0) is 4.79 Å². The van der Waals surface area contributed by atoms with Crippen LogP contribution in [0.25, 0.3) is 0 Å². The second kappa shape index (κ2) is 7.40. The fourth-order valence-corrected chi connectivity index (χ4v) is 4.18. The highest BCUT2D eigenvalue weighted by molar-refractivity contribution is 5.86. The lowest BCUT2D eigenvalue weighted by atomic mass is 10.0. The smallest absolute Gasteiger partial charge is 0.242 e. The van der Waals surface area contributed by atoms with Gasteiger partial charge in [-0.25, -0.2) is 0 Å². The van der Waals surface area contributed by atoms with E-state index in [0.29, 0.717) is 12.6 Å². The van der Waals surface area contributed by atoms with E-state index in [4.69, 9.17) is 0 Å². The molecular weight excluding hydrogens is 322 g/mol. The van der Waals surface area contributed by atoms with E-state index in [9.17, 15) is 4.79 Å². The summed E-state index contributed by atoms with van der Waals surface area (Å²) >= 11 is 0. The second-order valence-corrected chi connectivity index (χ2v) is 7.33. The van der Waals surface area contributed by atoms with E-state index in [1.54, 1.807) is 0 Å². The predicted molar refractivity (Wildman–Crippen MR) is 107 cm³/mol. The summed E-state index contributed by atoms with van der Waals surface area (Å²) in [4.78, 5) is 19.6. The maximum Gasteiger partial charge on any atom is 0.242 e. The molecule has 26 heavy (non-hydrogen) atoms. The average Bonchev–Trinajstić information content (AvgIpc) is 2.69. The molecule has 0 unspecified atom stereocenters. The molecule has 0 aliphatic carbocycles. The number of carbonyl (C=O) groups is 1. The van der Waals surface area contributed by atoms with Gasteiger partial charge in [-0.3, -0.25) is 4.79 Å². The lowest BCUT2D eigenvalue weighted by Crippen LogP contribution is -2.49. The Hall–Kier alpha value is -2.49. The van der Waals surface area contributed by atoms with E-state index in [0.717, 1.165) is 38.2 Å². The molecule has 0 spiro atoms. The normalized spacial score (nSPS) is 20.0. The second-order valence-electron chi connectivity index (χ2n) is 7.33. The number of fused-ring (bicyclic) bond motifs is 1. The van der Waals surface area contributed by atoms with E-state index in [2.05, 4.69) is 70.2 Å². The lowest BCUT2D eigenvalue weighted by Gasteiger charge is -2.40. The molecule has 136 valence electrons. The van der Waals surface area contributed by atoms with Gasteiger partial charge in [0.15, 0.2) is 0 Å². The maximum atomic E-state index is 12.9. The number of benzene rings is 2. The van der Waals surface area contributed by atoms with Gasteiger partial charge in [-0.1, -0.05) is 30.3 Å². The summed E-state index contributed by atoms with van der Waals surface area (Å²) in [5.74, 6) is 0.264. The van der Waals surface area contributed by atoms with Crippen molar-refractivity contribution in [2.75, 3.05) is 36.0 Å². The van der Waals surface area contributed by atoms with Crippen LogP contribution < -0.4 is 9.80 Å². The zero-order valence-corrected chi connectivity index (χ0v) is 15.5. The summed E-state index contributed by atoms with van der Waals surface area (Å²) in [7, 11) is 0.